The predicted octanol–water partition coefficient (Wildman–Crippen LogP) is 9.28. The Labute approximate surface area is 199 Å². The van der Waals surface area contributed by atoms with Crippen LogP contribution in [-0.2, 0) is 12.8 Å². The number of rotatable bonds is 11. The van der Waals surface area contributed by atoms with Gasteiger partial charge in [-0.25, -0.2) is 8.78 Å². The minimum atomic E-state index is -4.94. The second-order valence-corrected chi connectivity index (χ2v) is 9.58. The van der Waals surface area contributed by atoms with Gasteiger partial charge in [0.15, 0.2) is 11.6 Å². The van der Waals surface area contributed by atoms with Crippen molar-refractivity contribution in [3.63, 3.8) is 0 Å². The van der Waals surface area contributed by atoms with Gasteiger partial charge in [-0.2, -0.15) is 0 Å². The van der Waals surface area contributed by atoms with E-state index in [1.165, 1.54) is 57.4 Å². The number of alkyl halides is 3. The molecule has 0 aromatic heterocycles. The minimum absolute atomic E-state index is 0.270. The van der Waals surface area contributed by atoms with Crippen molar-refractivity contribution in [3.05, 3.63) is 64.7 Å². The summed E-state index contributed by atoms with van der Waals surface area (Å²) in [4.78, 5) is 0. The van der Waals surface area contributed by atoms with Crippen LogP contribution in [0.5, 0.6) is 5.75 Å². The van der Waals surface area contributed by atoms with Gasteiger partial charge in [-0.1, -0.05) is 63.6 Å². The van der Waals surface area contributed by atoms with Gasteiger partial charge in [-0.05, 0) is 85.3 Å². The van der Waals surface area contributed by atoms with E-state index in [4.69, 9.17) is 0 Å². The summed E-state index contributed by atoms with van der Waals surface area (Å²) in [5.74, 6) is -1.02. The van der Waals surface area contributed by atoms with Crippen molar-refractivity contribution >= 4 is 0 Å². The molecule has 2 aromatic rings. The van der Waals surface area contributed by atoms with Gasteiger partial charge >= 0.3 is 6.36 Å². The van der Waals surface area contributed by atoms with E-state index in [2.05, 4.69) is 11.7 Å². The Balaban J connectivity index is 1.48. The Morgan fingerprint density at radius 3 is 2.21 bits per heavy atom. The maximum absolute atomic E-state index is 14.8. The third-order valence-corrected chi connectivity index (χ3v) is 7.02. The summed E-state index contributed by atoms with van der Waals surface area (Å²) in [5.41, 5.74) is 2.06. The van der Waals surface area contributed by atoms with Crippen LogP contribution in [0.4, 0.5) is 22.0 Å². The normalized spacial score (nSPS) is 18.8. The van der Waals surface area contributed by atoms with Gasteiger partial charge in [0.25, 0.3) is 0 Å². The average Bonchev–Trinajstić information content (AvgIpc) is 2.79. The predicted molar refractivity (Wildman–Crippen MR) is 125 cm³/mol. The summed E-state index contributed by atoms with van der Waals surface area (Å²) in [6.07, 6.45) is 8.24. The first-order chi connectivity index (χ1) is 16.2. The molecule has 1 fully saturated rings. The molecule has 0 aliphatic heterocycles. The maximum Gasteiger partial charge on any atom is 0.573 e. The molecule has 0 atom stereocenters. The lowest BCUT2D eigenvalue weighted by atomic mass is 9.77. The Kier molecular flexibility index (Phi) is 9.78. The van der Waals surface area contributed by atoms with E-state index in [1.807, 2.05) is 6.07 Å². The van der Waals surface area contributed by atoms with E-state index in [-0.39, 0.29) is 5.82 Å². The molecule has 1 aliphatic rings. The molecule has 2 aromatic carbocycles. The molecule has 1 nitrogen and oxygen atoms in total. The molecule has 0 amide bonds. The zero-order valence-electron chi connectivity index (χ0n) is 19.9. The van der Waals surface area contributed by atoms with E-state index in [0.717, 1.165) is 36.5 Å². The van der Waals surface area contributed by atoms with Gasteiger partial charge < -0.3 is 4.74 Å². The van der Waals surface area contributed by atoms with Crippen LogP contribution in [0.25, 0.3) is 0 Å². The summed E-state index contributed by atoms with van der Waals surface area (Å²) in [6.45, 7) is 2.23. The second-order valence-electron chi connectivity index (χ2n) is 9.58. The van der Waals surface area contributed by atoms with Gasteiger partial charge in [-0.15, -0.1) is 13.2 Å². The van der Waals surface area contributed by atoms with Gasteiger partial charge in [0, 0.05) is 0 Å². The average molecular weight is 483 g/mol. The first kappa shape index (κ1) is 26.5. The topological polar surface area (TPSA) is 9.23 Å². The molecule has 0 radical (unpaired) electrons. The zero-order chi connectivity index (χ0) is 24.6. The van der Waals surface area contributed by atoms with Crippen molar-refractivity contribution in [2.45, 2.75) is 96.3 Å². The lowest BCUT2D eigenvalue weighted by molar-refractivity contribution is -0.275. The summed E-state index contributed by atoms with van der Waals surface area (Å²) in [7, 11) is 0. The van der Waals surface area contributed by atoms with Crippen LogP contribution >= 0.6 is 0 Å². The number of hydrogen-bond donors (Lipinski definition) is 0. The maximum atomic E-state index is 14.8. The van der Waals surface area contributed by atoms with Gasteiger partial charge in [0.2, 0.25) is 0 Å². The highest BCUT2D eigenvalue weighted by atomic mass is 19.4. The molecule has 0 spiro atoms. The molecule has 1 saturated carbocycles. The summed E-state index contributed by atoms with van der Waals surface area (Å²) < 4.78 is 69.1. The number of aryl methyl sites for hydroxylation is 2. The van der Waals surface area contributed by atoms with Gasteiger partial charge in [0.05, 0.1) is 0 Å². The molecule has 0 heterocycles. The molecule has 0 bridgehead atoms. The van der Waals surface area contributed by atoms with Gasteiger partial charge in [0.1, 0.15) is 5.82 Å². The summed E-state index contributed by atoms with van der Waals surface area (Å²) in [5, 5.41) is 0. The smallest absolute Gasteiger partial charge is 0.403 e. The fraction of sp³-hybridized carbons (Fsp3) is 0.571. The molecule has 0 saturated heterocycles. The van der Waals surface area contributed by atoms with Crippen LogP contribution in [0.1, 0.15) is 93.7 Å². The lowest BCUT2D eigenvalue weighted by Gasteiger charge is -2.29. The molecular weight excluding hydrogens is 447 g/mol. The van der Waals surface area contributed by atoms with Crippen LogP contribution in [0, 0.1) is 17.6 Å². The highest BCUT2D eigenvalue weighted by molar-refractivity contribution is 5.32. The molecule has 1 aliphatic carbocycles. The van der Waals surface area contributed by atoms with E-state index < -0.39 is 17.9 Å². The molecule has 3 rings (SSSR count). The SMILES string of the molecule is CCCCCCCC1CCC(c2ccc(CCc3ccc(OC(F)(F)F)c(F)c3)c(F)c2)CC1. The van der Waals surface area contributed by atoms with E-state index in [1.54, 1.807) is 12.1 Å². The lowest BCUT2D eigenvalue weighted by Crippen LogP contribution is -2.18. The quantitative estimate of drug-likeness (QED) is 0.229. The van der Waals surface area contributed by atoms with Crippen molar-refractivity contribution in [3.8, 4) is 5.75 Å². The fourth-order valence-electron chi connectivity index (χ4n) is 5.03. The third-order valence-electron chi connectivity index (χ3n) is 7.02. The van der Waals surface area contributed by atoms with E-state index >= 15 is 0 Å². The molecular formula is C28H35F5O. The van der Waals surface area contributed by atoms with Crippen LogP contribution in [0.3, 0.4) is 0 Å². The van der Waals surface area contributed by atoms with Crippen LogP contribution in [-0.4, -0.2) is 6.36 Å². The van der Waals surface area contributed by atoms with E-state index in [9.17, 15) is 22.0 Å². The number of ether oxygens (including phenoxy) is 1. The molecule has 6 heteroatoms. The Bertz CT molecular complexity index is 900. The highest BCUT2D eigenvalue weighted by Crippen LogP contribution is 2.38. The number of halogens is 5. The Hall–Kier alpha value is -2.11. The number of hydrogen-bond acceptors (Lipinski definition) is 1. The second kappa shape index (κ2) is 12.6. The van der Waals surface area contributed by atoms with E-state index in [0.29, 0.717) is 29.9 Å². The molecule has 188 valence electrons. The van der Waals surface area contributed by atoms with Crippen molar-refractivity contribution in [1.82, 2.24) is 0 Å². The van der Waals surface area contributed by atoms with Crippen molar-refractivity contribution in [2.24, 2.45) is 5.92 Å². The van der Waals surface area contributed by atoms with Crippen LogP contribution in [0.2, 0.25) is 0 Å². The fourth-order valence-corrected chi connectivity index (χ4v) is 5.03. The largest absolute Gasteiger partial charge is 0.573 e. The minimum Gasteiger partial charge on any atom is -0.403 e. The monoisotopic (exact) mass is 482 g/mol. The van der Waals surface area contributed by atoms with Crippen molar-refractivity contribution in [1.29, 1.82) is 0 Å². The molecule has 0 unspecified atom stereocenters. The number of unbranched alkanes of at least 4 members (excludes halogenated alkanes) is 4. The molecule has 34 heavy (non-hydrogen) atoms. The highest BCUT2D eigenvalue weighted by Gasteiger charge is 2.32. The third kappa shape index (κ3) is 8.28. The standard InChI is InChI=1S/C28H35F5O/c1-2-3-4-5-6-7-20-8-12-22(13-9-20)24-16-15-23(25(29)19-24)14-10-21-11-17-27(26(30)18-21)34-28(31,32)33/h11,15-20,22H,2-10,12-14H2,1H3. The zero-order valence-corrected chi connectivity index (χ0v) is 19.9. The van der Waals surface area contributed by atoms with Crippen molar-refractivity contribution in [2.75, 3.05) is 0 Å². The Morgan fingerprint density at radius 2 is 1.56 bits per heavy atom. The summed E-state index contributed by atoms with van der Waals surface area (Å²) in [6, 6.07) is 8.76. The first-order valence-electron chi connectivity index (χ1n) is 12.6. The van der Waals surface area contributed by atoms with Crippen molar-refractivity contribution < 1.29 is 26.7 Å². The van der Waals surface area contributed by atoms with Crippen LogP contribution in [0.15, 0.2) is 36.4 Å². The Morgan fingerprint density at radius 1 is 0.824 bits per heavy atom. The van der Waals surface area contributed by atoms with Crippen LogP contribution < -0.4 is 4.74 Å². The molecule has 0 N–H and O–H groups in total. The first-order valence-corrected chi connectivity index (χ1v) is 12.6. The van der Waals surface area contributed by atoms with Gasteiger partial charge in [-0.3, -0.25) is 0 Å². The summed E-state index contributed by atoms with van der Waals surface area (Å²) >= 11 is 0. The number of benzene rings is 2.